The molecule has 1 saturated heterocycles. The first-order chi connectivity index (χ1) is 9.65. The number of H-pyrrole nitrogens is 1. The molecule has 3 nitrogen and oxygen atoms in total. The van der Waals surface area contributed by atoms with E-state index in [-0.39, 0.29) is 5.43 Å². The number of aromatic amines is 1. The summed E-state index contributed by atoms with van der Waals surface area (Å²) < 4.78 is 0. The summed E-state index contributed by atoms with van der Waals surface area (Å²) in [5, 5.41) is 0.817. The Kier molecular flexibility index (Phi) is 3.62. The number of aryl methyl sites for hydroxylation is 1. The highest BCUT2D eigenvalue weighted by Crippen LogP contribution is 2.11. The molecule has 0 saturated carbocycles. The van der Waals surface area contributed by atoms with Crippen molar-refractivity contribution in [1.29, 1.82) is 0 Å². The summed E-state index contributed by atoms with van der Waals surface area (Å²) in [5.74, 6) is 0.776. The minimum Gasteiger partial charge on any atom is -0.358 e. The van der Waals surface area contributed by atoms with Crippen LogP contribution in [0.4, 0.5) is 0 Å². The zero-order valence-corrected chi connectivity index (χ0v) is 12.3. The predicted octanol–water partition coefficient (Wildman–Crippen LogP) is 1.65. The van der Waals surface area contributed by atoms with Crippen LogP contribution in [0.3, 0.4) is 0 Å². The monoisotopic (exact) mass is 271 g/mol. The molecule has 2 atom stereocenters. The van der Waals surface area contributed by atoms with Crippen LogP contribution in [-0.2, 0) is 6.54 Å². The van der Waals surface area contributed by atoms with Crippen molar-refractivity contribution in [3.8, 4) is 0 Å². The molecule has 3 heteroatoms. The molecule has 3 rings (SSSR count). The Morgan fingerprint density at radius 3 is 2.95 bits per heavy atom. The zero-order chi connectivity index (χ0) is 14.1. The van der Waals surface area contributed by atoms with Crippen molar-refractivity contribution in [3.63, 3.8) is 0 Å². The van der Waals surface area contributed by atoms with Gasteiger partial charge in [0.25, 0.3) is 0 Å². The lowest BCUT2D eigenvalue weighted by Gasteiger charge is -2.28. The van der Waals surface area contributed by atoms with Crippen molar-refractivity contribution in [2.45, 2.75) is 33.2 Å². The highest BCUT2D eigenvalue weighted by atomic mass is 16.1. The van der Waals surface area contributed by atoms with E-state index in [1.807, 2.05) is 31.2 Å². The van der Waals surface area contributed by atoms with E-state index in [0.29, 0.717) is 0 Å². The second kappa shape index (κ2) is 5.41. The third-order valence-corrected chi connectivity index (χ3v) is 4.51. The zero-order valence-electron chi connectivity index (χ0n) is 12.3. The average molecular weight is 271 g/mol. The number of fused-ring (bicyclic) bond motifs is 1. The molecule has 1 fully saturated rings. The molecule has 1 aromatic carbocycles. The quantitative estimate of drug-likeness (QED) is 0.856. The van der Waals surface area contributed by atoms with Gasteiger partial charge in [0, 0.05) is 22.5 Å². The molecule has 0 amide bonds. The summed E-state index contributed by atoms with van der Waals surface area (Å²) in [7, 11) is 0. The summed E-state index contributed by atoms with van der Waals surface area (Å²) in [5.41, 5.74) is 3.15. The van der Waals surface area contributed by atoms with Gasteiger partial charge in [0.2, 0.25) is 0 Å². The van der Waals surface area contributed by atoms with E-state index in [4.69, 9.17) is 0 Å². The fourth-order valence-corrected chi connectivity index (χ4v) is 3.42. The molecule has 0 bridgehead atoms. The molecule has 1 aliphatic rings. The third kappa shape index (κ3) is 2.50. The molecule has 0 radical (unpaired) electrons. The van der Waals surface area contributed by atoms with E-state index in [1.54, 1.807) is 4.90 Å². The number of para-hydroxylation sites is 1. The Hall–Kier alpha value is -1.61. The number of nitrogens with one attached hydrogen (secondary N) is 2. The first kappa shape index (κ1) is 13.4. The van der Waals surface area contributed by atoms with Gasteiger partial charge in [-0.25, -0.2) is 0 Å². The normalized spacial score (nSPS) is 23.1. The Morgan fingerprint density at radius 1 is 1.35 bits per heavy atom. The molecule has 0 aliphatic carbocycles. The number of rotatable bonds is 2. The minimum absolute atomic E-state index is 0.211. The largest absolute Gasteiger partial charge is 0.358 e. The number of quaternary nitrogens is 1. The fourth-order valence-electron chi connectivity index (χ4n) is 3.42. The molecule has 2 heterocycles. The SMILES string of the molecule is Cc1[nH]c2ccccc2c(=O)c1C[NH+]1CCC[C@H](C)C1. The maximum atomic E-state index is 12.7. The third-order valence-electron chi connectivity index (χ3n) is 4.51. The fraction of sp³-hybridized carbons (Fsp3) is 0.471. The van der Waals surface area contributed by atoms with E-state index < -0.39 is 0 Å². The minimum atomic E-state index is 0.211. The van der Waals surface area contributed by atoms with Gasteiger partial charge in [0.15, 0.2) is 5.43 Å². The van der Waals surface area contributed by atoms with Crippen LogP contribution in [0.1, 0.15) is 31.0 Å². The molecular weight excluding hydrogens is 248 g/mol. The number of hydrogen-bond acceptors (Lipinski definition) is 1. The van der Waals surface area contributed by atoms with Gasteiger partial charge in [-0.15, -0.1) is 0 Å². The van der Waals surface area contributed by atoms with E-state index in [0.717, 1.165) is 34.6 Å². The van der Waals surface area contributed by atoms with E-state index >= 15 is 0 Å². The second-order valence-corrected chi connectivity index (χ2v) is 6.23. The highest BCUT2D eigenvalue weighted by molar-refractivity contribution is 5.79. The van der Waals surface area contributed by atoms with E-state index in [1.165, 1.54) is 25.9 Å². The summed E-state index contributed by atoms with van der Waals surface area (Å²) in [4.78, 5) is 17.6. The summed E-state index contributed by atoms with van der Waals surface area (Å²) in [6, 6.07) is 7.80. The van der Waals surface area contributed by atoms with Crippen LogP contribution in [0.15, 0.2) is 29.1 Å². The lowest BCUT2D eigenvalue weighted by Crippen LogP contribution is -3.12. The summed E-state index contributed by atoms with van der Waals surface area (Å²) >= 11 is 0. The topological polar surface area (TPSA) is 37.3 Å². The summed E-state index contributed by atoms with van der Waals surface area (Å²) in [6.07, 6.45) is 2.61. The molecule has 1 aliphatic heterocycles. The predicted molar refractivity (Wildman–Crippen MR) is 82.1 cm³/mol. The van der Waals surface area contributed by atoms with Crippen LogP contribution in [0.2, 0.25) is 0 Å². The van der Waals surface area contributed by atoms with Crippen molar-refractivity contribution in [2.75, 3.05) is 13.1 Å². The van der Waals surface area contributed by atoms with Crippen molar-refractivity contribution in [3.05, 3.63) is 45.7 Å². The smallest absolute Gasteiger partial charge is 0.198 e. The van der Waals surface area contributed by atoms with Crippen molar-refractivity contribution in [1.82, 2.24) is 4.98 Å². The number of aromatic nitrogens is 1. The van der Waals surface area contributed by atoms with E-state index in [9.17, 15) is 4.79 Å². The van der Waals surface area contributed by atoms with Crippen LogP contribution in [0, 0.1) is 12.8 Å². The standard InChI is InChI=1S/C17H22N2O/c1-12-6-5-9-19(10-12)11-15-13(2)18-16-8-4-3-7-14(16)17(15)20/h3-4,7-8,12H,5-6,9-11H2,1-2H3,(H,18,20)/p+1/t12-/m0/s1. The van der Waals surface area contributed by atoms with Crippen molar-refractivity contribution < 1.29 is 4.90 Å². The van der Waals surface area contributed by atoms with E-state index in [2.05, 4.69) is 11.9 Å². The lowest BCUT2D eigenvalue weighted by molar-refractivity contribution is -0.922. The molecule has 1 unspecified atom stereocenters. The van der Waals surface area contributed by atoms with Crippen LogP contribution in [-0.4, -0.2) is 18.1 Å². The molecule has 20 heavy (non-hydrogen) atoms. The van der Waals surface area contributed by atoms with Gasteiger partial charge in [0.05, 0.1) is 18.7 Å². The Morgan fingerprint density at radius 2 is 2.15 bits per heavy atom. The molecule has 106 valence electrons. The number of pyridine rings is 1. The number of piperidine rings is 1. The molecule has 0 spiro atoms. The second-order valence-electron chi connectivity index (χ2n) is 6.23. The Balaban J connectivity index is 1.97. The molecular formula is C17H23N2O+. The lowest BCUT2D eigenvalue weighted by atomic mass is 9.99. The van der Waals surface area contributed by atoms with Gasteiger partial charge >= 0.3 is 0 Å². The highest BCUT2D eigenvalue weighted by Gasteiger charge is 2.22. The average Bonchev–Trinajstić information content (AvgIpc) is 2.43. The summed E-state index contributed by atoms with van der Waals surface area (Å²) in [6.45, 7) is 7.57. The van der Waals surface area contributed by atoms with Gasteiger partial charge < -0.3 is 9.88 Å². The number of likely N-dealkylation sites (tertiary alicyclic amines) is 1. The molecule has 1 aromatic heterocycles. The maximum absolute atomic E-state index is 12.7. The van der Waals surface area contributed by atoms with Gasteiger partial charge in [-0.3, -0.25) is 4.79 Å². The first-order valence-corrected chi connectivity index (χ1v) is 7.59. The van der Waals surface area contributed by atoms with Crippen LogP contribution in [0.25, 0.3) is 10.9 Å². The van der Waals surface area contributed by atoms with Gasteiger partial charge in [-0.2, -0.15) is 0 Å². The number of hydrogen-bond donors (Lipinski definition) is 2. The van der Waals surface area contributed by atoms with Gasteiger partial charge in [0.1, 0.15) is 6.54 Å². The van der Waals surface area contributed by atoms with Gasteiger partial charge in [-0.05, 0) is 31.9 Å². The van der Waals surface area contributed by atoms with Crippen LogP contribution < -0.4 is 10.3 Å². The Labute approximate surface area is 119 Å². The van der Waals surface area contributed by atoms with Crippen LogP contribution in [0.5, 0.6) is 0 Å². The number of benzene rings is 1. The molecule has 2 aromatic rings. The maximum Gasteiger partial charge on any atom is 0.198 e. The van der Waals surface area contributed by atoms with Crippen LogP contribution >= 0.6 is 0 Å². The first-order valence-electron chi connectivity index (χ1n) is 7.59. The molecule has 2 N–H and O–H groups in total. The van der Waals surface area contributed by atoms with Crippen molar-refractivity contribution in [2.24, 2.45) is 5.92 Å². The Bertz CT molecular complexity index is 674. The van der Waals surface area contributed by atoms with Crippen molar-refractivity contribution >= 4 is 10.9 Å². The van der Waals surface area contributed by atoms with Gasteiger partial charge in [-0.1, -0.05) is 19.1 Å².